The third-order valence-corrected chi connectivity index (χ3v) is 9.51. The number of allylic oxidation sites excluding steroid dienone is 4. The van der Waals surface area contributed by atoms with E-state index in [0.717, 1.165) is 48.2 Å². The zero-order chi connectivity index (χ0) is 23.4. The van der Waals surface area contributed by atoms with Crippen LogP contribution in [0.1, 0.15) is 79.1 Å². The summed E-state index contributed by atoms with van der Waals surface area (Å²) in [5.74, 6) is 3.85. The Kier molecular flexibility index (Phi) is 8.79. The summed E-state index contributed by atoms with van der Waals surface area (Å²) < 4.78 is 0. The van der Waals surface area contributed by atoms with Crippen molar-refractivity contribution >= 4 is 17.3 Å². The van der Waals surface area contributed by atoms with Gasteiger partial charge in [-0.1, -0.05) is 51.4 Å². The van der Waals surface area contributed by atoms with E-state index in [9.17, 15) is 0 Å². The third-order valence-electron chi connectivity index (χ3n) is 9.16. The maximum atomic E-state index is 6.26. The number of nitrogens with zero attached hydrogens (tertiary/aromatic N) is 2. The van der Waals surface area contributed by atoms with Gasteiger partial charge in [0.05, 0.1) is 0 Å². The van der Waals surface area contributed by atoms with Crippen LogP contribution in [0, 0.1) is 35.0 Å². The van der Waals surface area contributed by atoms with Crippen molar-refractivity contribution in [3.8, 4) is 0 Å². The number of aliphatic imine (C=N–C) groups is 1. The summed E-state index contributed by atoms with van der Waals surface area (Å²) in [6.07, 6.45) is 16.9. The van der Waals surface area contributed by atoms with Crippen LogP contribution in [0.4, 0.5) is 0 Å². The molecule has 1 fully saturated rings. The molecule has 2 heterocycles. The van der Waals surface area contributed by atoms with Gasteiger partial charge in [0.2, 0.25) is 0 Å². The first-order valence-electron chi connectivity index (χ1n) is 13.8. The minimum Gasteiger partial charge on any atom is -0.312 e. The molecule has 0 aromatic heterocycles. The van der Waals surface area contributed by atoms with Crippen LogP contribution in [0.2, 0.25) is 0 Å². The van der Waals surface area contributed by atoms with Crippen LogP contribution in [-0.4, -0.2) is 49.4 Å². The Morgan fingerprint density at radius 3 is 2.82 bits per heavy atom. The van der Waals surface area contributed by atoms with E-state index < -0.39 is 0 Å². The molecule has 1 N–H and O–H groups in total. The van der Waals surface area contributed by atoms with Crippen LogP contribution in [0.5, 0.6) is 0 Å². The summed E-state index contributed by atoms with van der Waals surface area (Å²) in [6, 6.07) is 0.585. The van der Waals surface area contributed by atoms with Gasteiger partial charge in [0.1, 0.15) is 0 Å². The number of fused-ring (bicyclic) bond motifs is 1. The van der Waals surface area contributed by atoms with Gasteiger partial charge >= 0.3 is 0 Å². The number of halogens is 1. The molecule has 0 radical (unpaired) electrons. The van der Waals surface area contributed by atoms with Crippen molar-refractivity contribution in [1.82, 2.24) is 10.2 Å². The molecule has 0 amide bonds. The molecule has 2 aliphatic heterocycles. The summed E-state index contributed by atoms with van der Waals surface area (Å²) in [4.78, 5) is 7.56. The molecule has 33 heavy (non-hydrogen) atoms. The summed E-state index contributed by atoms with van der Waals surface area (Å²) in [6.45, 7) is 15.7. The van der Waals surface area contributed by atoms with E-state index >= 15 is 0 Å². The second kappa shape index (κ2) is 11.4. The van der Waals surface area contributed by atoms with Gasteiger partial charge in [0, 0.05) is 42.3 Å². The Hall–Kier alpha value is -0.640. The Bertz CT molecular complexity index is 737. The fourth-order valence-corrected chi connectivity index (χ4v) is 7.38. The van der Waals surface area contributed by atoms with Crippen molar-refractivity contribution in [2.75, 3.05) is 32.7 Å². The molecule has 0 aromatic carbocycles. The van der Waals surface area contributed by atoms with Gasteiger partial charge in [-0.15, -0.1) is 0 Å². The van der Waals surface area contributed by atoms with Crippen LogP contribution < -0.4 is 5.32 Å². The highest BCUT2D eigenvalue weighted by Crippen LogP contribution is 2.45. The van der Waals surface area contributed by atoms with Crippen molar-refractivity contribution in [3.63, 3.8) is 0 Å². The molecule has 186 valence electrons. The highest BCUT2D eigenvalue weighted by Gasteiger charge is 2.40. The van der Waals surface area contributed by atoms with Crippen molar-refractivity contribution < 1.29 is 0 Å². The molecular weight excluding hydrogens is 426 g/mol. The Labute approximate surface area is 208 Å². The van der Waals surface area contributed by atoms with E-state index in [0.29, 0.717) is 17.4 Å². The standard InChI is InChI=1S/C29H48ClN3/c1-21(2)28(31-16-7-8-23-18-32-27-10-6-5-9-25(23)27)19-33-17-15-26(29(3,4)20-33)22-11-13-24(30)14-12-22/h6,10,13,21-23,25-26,28,31H,5,7-9,11-12,14-20H2,1-4H3/t22?,23?,25?,26?,28-/m0/s1. The first-order chi connectivity index (χ1) is 15.8. The molecule has 0 aromatic rings. The fraction of sp³-hybridized carbons (Fsp3) is 0.828. The number of nitrogens with one attached hydrogen (secondary N) is 1. The van der Waals surface area contributed by atoms with Crippen molar-refractivity contribution in [1.29, 1.82) is 0 Å². The zero-order valence-electron chi connectivity index (χ0n) is 21.7. The minimum absolute atomic E-state index is 0.386. The minimum atomic E-state index is 0.386. The van der Waals surface area contributed by atoms with Crippen molar-refractivity contribution in [2.45, 2.75) is 85.1 Å². The van der Waals surface area contributed by atoms with E-state index in [2.05, 4.69) is 56.1 Å². The Balaban J connectivity index is 1.21. The molecule has 4 rings (SSSR count). The van der Waals surface area contributed by atoms with Crippen LogP contribution in [0.15, 0.2) is 28.3 Å². The van der Waals surface area contributed by atoms with Crippen LogP contribution >= 0.6 is 11.6 Å². The molecule has 1 saturated heterocycles. The van der Waals surface area contributed by atoms with E-state index in [1.165, 1.54) is 70.3 Å². The second-order valence-electron chi connectivity index (χ2n) is 12.4. The van der Waals surface area contributed by atoms with Crippen LogP contribution in [-0.2, 0) is 0 Å². The lowest BCUT2D eigenvalue weighted by Gasteiger charge is -2.49. The molecular formula is C29H48ClN3. The number of likely N-dealkylation sites (tertiary alicyclic amines) is 1. The number of piperidine rings is 1. The topological polar surface area (TPSA) is 27.6 Å². The average molecular weight is 474 g/mol. The van der Waals surface area contributed by atoms with Crippen LogP contribution in [0.25, 0.3) is 0 Å². The predicted molar refractivity (Wildman–Crippen MR) is 143 cm³/mol. The van der Waals surface area contributed by atoms with E-state index in [1.54, 1.807) is 0 Å². The SMILES string of the molecule is CC(C)[C@H](CN1CCC(C2CC=C(Cl)CC2)C(C)(C)C1)NCCCC1CN=C2C=CCCC21. The van der Waals surface area contributed by atoms with E-state index in [4.69, 9.17) is 16.6 Å². The lowest BCUT2D eigenvalue weighted by molar-refractivity contribution is 0.0118. The Morgan fingerprint density at radius 2 is 2.09 bits per heavy atom. The third kappa shape index (κ3) is 6.53. The number of hydrogen-bond acceptors (Lipinski definition) is 3. The molecule has 0 saturated carbocycles. The van der Waals surface area contributed by atoms with Gasteiger partial charge in [-0.05, 0) is 99.6 Å². The van der Waals surface area contributed by atoms with Crippen LogP contribution in [0.3, 0.4) is 0 Å². The molecule has 3 nitrogen and oxygen atoms in total. The van der Waals surface area contributed by atoms with Gasteiger partial charge < -0.3 is 10.2 Å². The first kappa shape index (κ1) is 25.5. The van der Waals surface area contributed by atoms with Gasteiger partial charge in [0.15, 0.2) is 0 Å². The van der Waals surface area contributed by atoms with Crippen molar-refractivity contribution in [3.05, 3.63) is 23.3 Å². The molecule has 4 unspecified atom stereocenters. The van der Waals surface area contributed by atoms with Gasteiger partial charge in [-0.25, -0.2) is 0 Å². The summed E-state index contributed by atoms with van der Waals surface area (Å²) in [7, 11) is 0. The maximum Gasteiger partial charge on any atom is 0.0427 e. The molecule has 0 spiro atoms. The monoisotopic (exact) mass is 473 g/mol. The quantitative estimate of drug-likeness (QED) is 0.378. The van der Waals surface area contributed by atoms with Crippen molar-refractivity contribution in [2.24, 2.45) is 40.0 Å². The number of hydrogen-bond donors (Lipinski definition) is 1. The molecule has 2 aliphatic carbocycles. The smallest absolute Gasteiger partial charge is 0.0427 e. The average Bonchev–Trinajstić information content (AvgIpc) is 3.19. The lowest BCUT2D eigenvalue weighted by Crippen LogP contribution is -2.53. The summed E-state index contributed by atoms with van der Waals surface area (Å²) in [5, 5.41) is 5.04. The largest absolute Gasteiger partial charge is 0.312 e. The van der Waals surface area contributed by atoms with Gasteiger partial charge in [-0.3, -0.25) is 4.99 Å². The molecule has 4 aliphatic rings. The highest BCUT2D eigenvalue weighted by molar-refractivity contribution is 6.29. The summed E-state index contributed by atoms with van der Waals surface area (Å²) in [5.41, 5.74) is 1.77. The molecule has 5 atom stereocenters. The summed E-state index contributed by atoms with van der Waals surface area (Å²) >= 11 is 6.26. The predicted octanol–water partition coefficient (Wildman–Crippen LogP) is 6.69. The molecule has 0 bridgehead atoms. The van der Waals surface area contributed by atoms with Gasteiger partial charge in [-0.2, -0.15) is 0 Å². The van der Waals surface area contributed by atoms with E-state index in [-0.39, 0.29) is 0 Å². The van der Waals surface area contributed by atoms with Gasteiger partial charge in [0.25, 0.3) is 0 Å². The number of rotatable bonds is 9. The Morgan fingerprint density at radius 1 is 1.24 bits per heavy atom. The molecule has 4 heteroatoms. The first-order valence-corrected chi connectivity index (χ1v) is 14.2. The second-order valence-corrected chi connectivity index (χ2v) is 12.8. The highest BCUT2D eigenvalue weighted by atomic mass is 35.5. The fourth-order valence-electron chi connectivity index (χ4n) is 7.18. The maximum absolute atomic E-state index is 6.26. The normalized spacial score (nSPS) is 33.0. The van der Waals surface area contributed by atoms with E-state index in [1.807, 2.05) is 0 Å². The zero-order valence-corrected chi connectivity index (χ0v) is 22.4. The lowest BCUT2D eigenvalue weighted by atomic mass is 9.65.